The van der Waals surface area contributed by atoms with E-state index in [1.165, 1.54) is 0 Å². The Morgan fingerprint density at radius 1 is 1.62 bits per heavy atom. The first-order chi connectivity index (χ1) is 7.35. The van der Waals surface area contributed by atoms with Gasteiger partial charge in [-0.3, -0.25) is 4.79 Å². The molecule has 16 heavy (non-hydrogen) atoms. The monoisotopic (exact) mass is 228 g/mol. The lowest BCUT2D eigenvalue weighted by atomic mass is 9.94. The molecule has 0 aromatic carbocycles. The normalized spacial score (nSPS) is 25.2. The van der Waals surface area contributed by atoms with Crippen LogP contribution < -0.4 is 5.32 Å². The van der Waals surface area contributed by atoms with Crippen molar-refractivity contribution in [2.75, 3.05) is 20.1 Å². The number of β-amino-alcohol motifs (C(OH)–C–C–N with tert-alkyl or cyclic N) is 1. The van der Waals surface area contributed by atoms with E-state index in [1.54, 1.807) is 11.9 Å². The van der Waals surface area contributed by atoms with Crippen LogP contribution in [0.4, 0.5) is 0 Å². The molecule has 1 saturated heterocycles. The van der Waals surface area contributed by atoms with E-state index in [0.29, 0.717) is 12.5 Å². The van der Waals surface area contributed by atoms with Crippen molar-refractivity contribution in [3.8, 4) is 0 Å². The van der Waals surface area contributed by atoms with Gasteiger partial charge in [-0.1, -0.05) is 13.8 Å². The molecular formula is C12H24N2O2. The van der Waals surface area contributed by atoms with Gasteiger partial charge in [-0.15, -0.1) is 0 Å². The number of carbonyl (C=O) groups is 1. The summed E-state index contributed by atoms with van der Waals surface area (Å²) in [7, 11) is 1.80. The zero-order valence-corrected chi connectivity index (χ0v) is 10.8. The fourth-order valence-corrected chi connectivity index (χ4v) is 2.52. The maximum Gasteiger partial charge on any atom is 0.239 e. The molecular weight excluding hydrogens is 204 g/mol. The summed E-state index contributed by atoms with van der Waals surface area (Å²) < 4.78 is 0. The molecule has 1 heterocycles. The van der Waals surface area contributed by atoms with Crippen LogP contribution in [0, 0.1) is 5.92 Å². The number of nitrogens with one attached hydrogen (secondary N) is 1. The fraction of sp³-hybridized carbons (Fsp3) is 0.917. The number of aliphatic hydroxyl groups is 1. The second kappa shape index (κ2) is 5.15. The minimum absolute atomic E-state index is 0.0603. The molecule has 0 aromatic rings. The van der Waals surface area contributed by atoms with Gasteiger partial charge in [0.05, 0.1) is 11.6 Å². The van der Waals surface area contributed by atoms with Gasteiger partial charge in [0.25, 0.3) is 0 Å². The first-order valence-corrected chi connectivity index (χ1v) is 6.04. The molecule has 2 N–H and O–H groups in total. The Balaban J connectivity index is 2.52. The van der Waals surface area contributed by atoms with Crippen LogP contribution in [0.1, 0.15) is 33.6 Å². The zero-order chi connectivity index (χ0) is 12.3. The number of amides is 1. The number of likely N-dealkylation sites (N-methyl/N-ethyl adjacent to an activating group) is 1. The van der Waals surface area contributed by atoms with Crippen molar-refractivity contribution >= 4 is 5.91 Å². The number of likely N-dealkylation sites (tertiary alicyclic amines) is 1. The second-order valence-electron chi connectivity index (χ2n) is 5.48. The number of hydrogen-bond donors (Lipinski definition) is 2. The molecule has 1 fully saturated rings. The Morgan fingerprint density at radius 3 is 2.69 bits per heavy atom. The van der Waals surface area contributed by atoms with Gasteiger partial charge >= 0.3 is 0 Å². The van der Waals surface area contributed by atoms with Gasteiger partial charge in [-0.05, 0) is 32.7 Å². The molecule has 4 nitrogen and oxygen atoms in total. The minimum atomic E-state index is -0.771. The van der Waals surface area contributed by atoms with Gasteiger partial charge in [-0.2, -0.15) is 0 Å². The molecule has 1 aliphatic heterocycles. The molecule has 1 rings (SSSR count). The van der Waals surface area contributed by atoms with E-state index in [-0.39, 0.29) is 11.9 Å². The molecule has 0 aliphatic carbocycles. The largest absolute Gasteiger partial charge is 0.388 e. The lowest BCUT2D eigenvalue weighted by Crippen LogP contribution is -2.45. The first-order valence-electron chi connectivity index (χ1n) is 6.04. The van der Waals surface area contributed by atoms with Crippen LogP contribution in [0.25, 0.3) is 0 Å². The predicted octanol–water partition coefficient (Wildman–Crippen LogP) is 0.604. The zero-order valence-electron chi connectivity index (χ0n) is 10.8. The van der Waals surface area contributed by atoms with Crippen molar-refractivity contribution < 1.29 is 9.90 Å². The van der Waals surface area contributed by atoms with Gasteiger partial charge in [0.15, 0.2) is 0 Å². The predicted molar refractivity (Wildman–Crippen MR) is 64.1 cm³/mol. The Labute approximate surface area is 98.0 Å². The second-order valence-corrected chi connectivity index (χ2v) is 5.48. The average molecular weight is 228 g/mol. The minimum Gasteiger partial charge on any atom is -0.388 e. The molecule has 0 radical (unpaired) electrons. The van der Waals surface area contributed by atoms with E-state index in [1.807, 2.05) is 6.92 Å². The van der Waals surface area contributed by atoms with Crippen molar-refractivity contribution in [2.24, 2.45) is 5.92 Å². The summed E-state index contributed by atoms with van der Waals surface area (Å²) in [5, 5.41) is 13.2. The Morgan fingerprint density at radius 2 is 2.25 bits per heavy atom. The lowest BCUT2D eigenvalue weighted by Gasteiger charge is -2.30. The number of hydrogen-bond acceptors (Lipinski definition) is 3. The van der Waals surface area contributed by atoms with Crippen LogP contribution in [0.5, 0.6) is 0 Å². The van der Waals surface area contributed by atoms with Crippen LogP contribution in [-0.4, -0.2) is 47.7 Å². The van der Waals surface area contributed by atoms with Gasteiger partial charge < -0.3 is 15.3 Å². The van der Waals surface area contributed by atoms with Crippen molar-refractivity contribution in [2.45, 2.75) is 45.3 Å². The molecule has 0 aromatic heterocycles. The van der Waals surface area contributed by atoms with E-state index in [0.717, 1.165) is 19.4 Å². The topological polar surface area (TPSA) is 52.6 Å². The highest BCUT2D eigenvalue weighted by atomic mass is 16.3. The van der Waals surface area contributed by atoms with Crippen LogP contribution in [0.15, 0.2) is 0 Å². The van der Waals surface area contributed by atoms with E-state index >= 15 is 0 Å². The fourth-order valence-electron chi connectivity index (χ4n) is 2.52. The highest BCUT2D eigenvalue weighted by molar-refractivity contribution is 5.84. The van der Waals surface area contributed by atoms with Gasteiger partial charge in [0, 0.05) is 13.1 Å². The maximum absolute atomic E-state index is 11.9. The summed E-state index contributed by atoms with van der Waals surface area (Å²) in [6.07, 6.45) is 1.56. The molecule has 2 atom stereocenters. The Kier molecular flexibility index (Phi) is 4.33. The third-order valence-electron chi connectivity index (χ3n) is 3.03. The molecule has 94 valence electrons. The van der Waals surface area contributed by atoms with E-state index in [2.05, 4.69) is 19.2 Å². The van der Waals surface area contributed by atoms with Crippen molar-refractivity contribution in [3.05, 3.63) is 0 Å². The molecule has 1 amide bonds. The van der Waals surface area contributed by atoms with Crippen LogP contribution in [0.3, 0.4) is 0 Å². The first kappa shape index (κ1) is 13.5. The van der Waals surface area contributed by atoms with Crippen LogP contribution in [-0.2, 0) is 4.79 Å². The quantitative estimate of drug-likeness (QED) is 0.724. The van der Waals surface area contributed by atoms with Crippen molar-refractivity contribution in [1.29, 1.82) is 0 Å². The third kappa shape index (κ3) is 3.46. The number of rotatable bonds is 5. The Hall–Kier alpha value is -0.610. The summed E-state index contributed by atoms with van der Waals surface area (Å²) in [5.74, 6) is 0.555. The van der Waals surface area contributed by atoms with Crippen molar-refractivity contribution in [3.63, 3.8) is 0 Å². The summed E-state index contributed by atoms with van der Waals surface area (Å²) in [5.41, 5.74) is -0.771. The van der Waals surface area contributed by atoms with Gasteiger partial charge in [0.2, 0.25) is 5.91 Å². The summed E-state index contributed by atoms with van der Waals surface area (Å²) in [6.45, 7) is 7.17. The Bertz CT molecular complexity index is 251. The van der Waals surface area contributed by atoms with E-state index < -0.39 is 5.60 Å². The summed E-state index contributed by atoms with van der Waals surface area (Å²) in [6, 6.07) is -0.0603. The lowest BCUT2D eigenvalue weighted by molar-refractivity contribution is -0.132. The molecule has 0 bridgehead atoms. The van der Waals surface area contributed by atoms with E-state index in [9.17, 15) is 9.90 Å². The molecule has 0 saturated carbocycles. The summed E-state index contributed by atoms with van der Waals surface area (Å²) >= 11 is 0. The molecule has 0 spiro atoms. The number of carbonyl (C=O) groups excluding carboxylic acids is 1. The molecule has 4 heteroatoms. The van der Waals surface area contributed by atoms with Gasteiger partial charge in [-0.25, -0.2) is 0 Å². The van der Waals surface area contributed by atoms with Gasteiger partial charge in [0.1, 0.15) is 0 Å². The molecule has 1 aliphatic rings. The van der Waals surface area contributed by atoms with Crippen LogP contribution in [0.2, 0.25) is 0 Å². The summed E-state index contributed by atoms with van der Waals surface area (Å²) in [4.78, 5) is 13.6. The van der Waals surface area contributed by atoms with E-state index in [4.69, 9.17) is 0 Å². The molecule has 2 unspecified atom stereocenters. The third-order valence-corrected chi connectivity index (χ3v) is 3.03. The van der Waals surface area contributed by atoms with Crippen molar-refractivity contribution in [1.82, 2.24) is 10.2 Å². The maximum atomic E-state index is 11.9. The highest BCUT2D eigenvalue weighted by Crippen LogP contribution is 2.21. The smallest absolute Gasteiger partial charge is 0.239 e. The highest BCUT2D eigenvalue weighted by Gasteiger charge is 2.34. The standard InChI is InChI=1S/C12H24N2O2/c1-9(2)7-12(3,16)8-14-6-5-10(13-4)11(14)15/h9-10,13,16H,5-8H2,1-4H3. The van der Waals surface area contributed by atoms with Crippen LogP contribution >= 0.6 is 0 Å². The average Bonchev–Trinajstić information content (AvgIpc) is 2.45. The SMILES string of the molecule is CNC1CCN(CC(C)(O)CC(C)C)C1=O. The number of nitrogens with zero attached hydrogens (tertiary/aromatic N) is 1.